The van der Waals surface area contributed by atoms with Gasteiger partial charge in [-0.2, -0.15) is 0 Å². The molecule has 60 heavy (non-hydrogen) atoms. The topological polar surface area (TPSA) is 292 Å². The minimum atomic E-state index is -1.76. The Hall–Kier alpha value is -5.01. The van der Waals surface area contributed by atoms with E-state index in [1.54, 1.807) is 0 Å². The van der Waals surface area contributed by atoms with E-state index in [4.69, 9.17) is 71.1 Å². The first kappa shape index (κ1) is 47.7. The van der Waals surface area contributed by atoms with Crippen molar-refractivity contribution in [2.45, 2.75) is 154 Å². The summed E-state index contributed by atoms with van der Waals surface area (Å²) in [5.74, 6) is -8.31. The average molecular weight is 865 g/mol. The van der Waals surface area contributed by atoms with Gasteiger partial charge in [0.2, 0.25) is 0 Å². The highest BCUT2D eigenvalue weighted by Crippen LogP contribution is 2.36. The molecule has 24 nitrogen and oxygen atoms in total. The zero-order chi connectivity index (χ0) is 44.6. The lowest BCUT2D eigenvalue weighted by Gasteiger charge is -2.46. The van der Waals surface area contributed by atoms with E-state index in [9.17, 15) is 43.2 Å². The SMILES string of the molecule is CC(=O)O[C@@H]1[C@@H](OC(C)=O)[C@@H]2OC[C@H]3O[C@@H](OCC4OC(OC[C@@H](O2)[C@H]1OC(C)=O)[C@@H](OC(C)=O)[C@@H](OC(C)=O)[C@@H]4OC(C)=O)[C@H](OC(C)=O)[C@@H](OC(C)=O)[C@@H]3OC(C)=O. The maximum atomic E-state index is 12.5. The third kappa shape index (κ3) is 12.7. The molecule has 0 radical (unpaired) electrons. The van der Waals surface area contributed by atoms with E-state index in [0.29, 0.717) is 0 Å². The van der Waals surface area contributed by atoms with Crippen molar-refractivity contribution >= 4 is 53.7 Å². The van der Waals surface area contributed by atoms with Crippen molar-refractivity contribution in [2.75, 3.05) is 19.8 Å². The highest BCUT2D eigenvalue weighted by Gasteiger charge is 2.58. The van der Waals surface area contributed by atoms with Gasteiger partial charge in [0.05, 0.1) is 19.8 Å². The molecule has 0 saturated carbocycles. The number of ether oxygens (including phenoxy) is 15. The highest BCUT2D eigenvalue weighted by atomic mass is 16.8. The summed E-state index contributed by atoms with van der Waals surface area (Å²) in [7, 11) is 0. The van der Waals surface area contributed by atoms with Gasteiger partial charge in [0.1, 0.15) is 18.3 Å². The quantitative estimate of drug-likeness (QED) is 0.190. The lowest BCUT2D eigenvalue weighted by Crippen LogP contribution is -2.65. The van der Waals surface area contributed by atoms with Crippen LogP contribution >= 0.6 is 0 Å². The molecule has 4 aliphatic rings. The Labute approximate surface area is 342 Å². The molecular formula is C36H48O24. The minimum absolute atomic E-state index is 0.689. The standard InChI is InChI=1S/C36H48O24/c1-13(37)49-25-22-10-46-35-32(56-20(8)44)29(53-17(5)41)27(51-15(3)39)24(59-35)12-48-36-33(57-21(9)45)30(54-18(6)42)26(50-14(2)38)23(60-36)11-47-34(58-22)31(55-19(7)43)28(25)52-16(4)40/h22-36H,10-12H2,1-9H3/t22-,23-,24?,25-,26-,27-,28+,29+,30+,31-,32+,33-,34-,35?,36-/m1/s1. The maximum Gasteiger partial charge on any atom is 0.303 e. The molecule has 4 fully saturated rings. The predicted octanol–water partition coefficient (Wildman–Crippen LogP) is -1.39. The van der Waals surface area contributed by atoms with E-state index >= 15 is 0 Å². The van der Waals surface area contributed by atoms with Crippen LogP contribution in [-0.2, 0) is 114 Å². The van der Waals surface area contributed by atoms with Crippen molar-refractivity contribution < 1.29 is 114 Å². The smallest absolute Gasteiger partial charge is 0.303 e. The first-order valence-corrected chi connectivity index (χ1v) is 18.5. The zero-order valence-electron chi connectivity index (χ0n) is 34.1. The van der Waals surface area contributed by atoms with Crippen molar-refractivity contribution in [3.05, 3.63) is 0 Å². The fourth-order valence-electron chi connectivity index (χ4n) is 6.94. The van der Waals surface area contributed by atoms with Crippen LogP contribution in [0.2, 0.25) is 0 Å². The van der Waals surface area contributed by atoms with Crippen LogP contribution in [0.4, 0.5) is 0 Å². The molecule has 0 amide bonds. The second kappa shape index (κ2) is 21.0. The normalized spacial score (nSPS) is 35.2. The zero-order valence-corrected chi connectivity index (χ0v) is 34.1. The van der Waals surface area contributed by atoms with Crippen molar-refractivity contribution in [1.29, 1.82) is 0 Å². The lowest BCUT2D eigenvalue weighted by molar-refractivity contribution is -0.335. The molecule has 15 atom stereocenters. The summed E-state index contributed by atoms with van der Waals surface area (Å²) < 4.78 is 86.5. The van der Waals surface area contributed by atoms with Gasteiger partial charge in [-0.05, 0) is 0 Å². The molecular weight excluding hydrogens is 816 g/mol. The van der Waals surface area contributed by atoms with Crippen LogP contribution in [0.5, 0.6) is 0 Å². The summed E-state index contributed by atoms with van der Waals surface area (Å²) in [6, 6.07) is 0. The van der Waals surface area contributed by atoms with Crippen LogP contribution in [0, 0.1) is 0 Å². The van der Waals surface area contributed by atoms with Crippen LogP contribution in [0.3, 0.4) is 0 Å². The van der Waals surface area contributed by atoms with Gasteiger partial charge in [-0.15, -0.1) is 0 Å². The van der Waals surface area contributed by atoms with E-state index in [0.717, 1.165) is 62.3 Å². The Kier molecular flexibility index (Phi) is 16.7. The van der Waals surface area contributed by atoms with Crippen LogP contribution in [0.1, 0.15) is 62.3 Å². The number of hydrogen-bond donors (Lipinski definition) is 0. The van der Waals surface area contributed by atoms with Gasteiger partial charge < -0.3 is 71.1 Å². The summed E-state index contributed by atoms with van der Waals surface area (Å²) in [4.78, 5) is 112. The minimum Gasteiger partial charge on any atom is -0.456 e. The summed E-state index contributed by atoms with van der Waals surface area (Å²) in [5, 5.41) is 0. The number of esters is 9. The van der Waals surface area contributed by atoms with Crippen LogP contribution in [0.25, 0.3) is 0 Å². The third-order valence-corrected chi connectivity index (χ3v) is 8.77. The maximum absolute atomic E-state index is 12.5. The summed E-state index contributed by atoms with van der Waals surface area (Å²) in [6.45, 7) is 7.13. The largest absolute Gasteiger partial charge is 0.456 e. The van der Waals surface area contributed by atoms with Gasteiger partial charge >= 0.3 is 53.7 Å². The second-order valence-corrected chi connectivity index (χ2v) is 13.8. The molecule has 336 valence electrons. The average Bonchev–Trinajstić information content (AvgIpc) is 3.10. The molecule has 4 heterocycles. The van der Waals surface area contributed by atoms with Crippen LogP contribution < -0.4 is 0 Å². The Morgan fingerprint density at radius 1 is 0.283 bits per heavy atom. The molecule has 0 aromatic rings. The van der Waals surface area contributed by atoms with Gasteiger partial charge in [-0.25, -0.2) is 0 Å². The van der Waals surface area contributed by atoms with Gasteiger partial charge in [-0.3, -0.25) is 43.2 Å². The van der Waals surface area contributed by atoms with Crippen LogP contribution in [0.15, 0.2) is 0 Å². The van der Waals surface area contributed by atoms with Crippen molar-refractivity contribution in [2.24, 2.45) is 0 Å². The van der Waals surface area contributed by atoms with Crippen molar-refractivity contribution in [1.82, 2.24) is 0 Å². The van der Waals surface area contributed by atoms with E-state index in [2.05, 4.69) is 0 Å². The fraction of sp³-hybridized carbons (Fsp3) is 0.750. The first-order valence-electron chi connectivity index (χ1n) is 18.5. The number of rotatable bonds is 9. The fourth-order valence-corrected chi connectivity index (χ4v) is 6.94. The predicted molar refractivity (Wildman–Crippen MR) is 184 cm³/mol. The molecule has 0 aromatic carbocycles. The summed E-state index contributed by atoms with van der Waals surface area (Å²) in [5.41, 5.74) is 0. The second-order valence-electron chi connectivity index (χ2n) is 13.8. The van der Waals surface area contributed by atoms with Crippen LogP contribution in [-0.4, -0.2) is 166 Å². The molecule has 0 N–H and O–H groups in total. The number of hydrogen-bond acceptors (Lipinski definition) is 24. The Morgan fingerprint density at radius 2 is 0.450 bits per heavy atom. The van der Waals surface area contributed by atoms with E-state index < -0.39 is 166 Å². The van der Waals surface area contributed by atoms with E-state index in [1.807, 2.05) is 0 Å². The molecule has 24 heteroatoms. The molecule has 0 aliphatic carbocycles. The summed E-state index contributed by atoms with van der Waals surface area (Å²) >= 11 is 0. The Balaban J connectivity index is 1.95. The highest BCUT2D eigenvalue weighted by molar-refractivity contribution is 5.70. The van der Waals surface area contributed by atoms with E-state index in [1.165, 1.54) is 0 Å². The molecule has 6 bridgehead atoms. The molecule has 4 aliphatic heterocycles. The Bertz CT molecular complexity index is 1350. The van der Waals surface area contributed by atoms with Crippen molar-refractivity contribution in [3.8, 4) is 0 Å². The van der Waals surface area contributed by atoms with E-state index in [-0.39, 0.29) is 0 Å². The van der Waals surface area contributed by atoms with Gasteiger partial charge in [-0.1, -0.05) is 0 Å². The monoisotopic (exact) mass is 864 g/mol. The number of carbonyl (C=O) groups excluding carboxylic acids is 9. The van der Waals surface area contributed by atoms with Gasteiger partial charge in [0.15, 0.2) is 73.8 Å². The van der Waals surface area contributed by atoms with Gasteiger partial charge in [0.25, 0.3) is 0 Å². The van der Waals surface area contributed by atoms with Crippen molar-refractivity contribution in [3.63, 3.8) is 0 Å². The third-order valence-electron chi connectivity index (χ3n) is 8.77. The molecule has 4 rings (SSSR count). The lowest BCUT2D eigenvalue weighted by atomic mass is 9.97. The number of fused-ring (bicyclic) bond motifs is 6. The molecule has 0 aromatic heterocycles. The summed E-state index contributed by atoms with van der Waals surface area (Å²) in [6.07, 6.45) is -24.7. The van der Waals surface area contributed by atoms with Gasteiger partial charge in [0, 0.05) is 62.3 Å². The molecule has 4 saturated heterocycles. The molecule has 0 spiro atoms. The molecule has 2 unspecified atom stereocenters. The number of carbonyl (C=O) groups is 9. The Morgan fingerprint density at radius 3 is 0.633 bits per heavy atom. The first-order chi connectivity index (χ1) is 28.1.